The summed E-state index contributed by atoms with van der Waals surface area (Å²) in [5, 5.41) is 17.9. The lowest BCUT2D eigenvalue weighted by Gasteiger charge is -2.19. The maximum atomic E-state index is 14.2. The molecule has 0 saturated heterocycles. The standard InChI is InChI=1S/C14H16FN3O4/c1-3-18-7-9(14(21)22)11(20)8-6-10(15)13(16-12(8)18)17(2)4-5-19/h6-7,19H,3-5H2,1-2H3,(H,21,22). The number of hydrogen-bond donors (Lipinski definition) is 2. The van der Waals surface area contributed by atoms with Crippen molar-refractivity contribution in [3.05, 3.63) is 33.9 Å². The Bertz CT molecular complexity index is 788. The van der Waals surface area contributed by atoms with E-state index in [9.17, 15) is 14.0 Å². The van der Waals surface area contributed by atoms with Crippen LogP contribution in [0.5, 0.6) is 0 Å². The fraction of sp³-hybridized carbons (Fsp3) is 0.357. The number of aromatic nitrogens is 2. The predicted octanol–water partition coefficient (Wildman–Crippen LogP) is 0.682. The minimum atomic E-state index is -1.36. The van der Waals surface area contributed by atoms with Gasteiger partial charge in [-0.1, -0.05) is 0 Å². The number of carboxylic acids is 1. The number of aryl methyl sites for hydroxylation is 1. The molecule has 0 radical (unpaired) electrons. The summed E-state index contributed by atoms with van der Waals surface area (Å²) >= 11 is 0. The van der Waals surface area contributed by atoms with Gasteiger partial charge in [-0.15, -0.1) is 0 Å². The molecule has 0 fully saturated rings. The van der Waals surface area contributed by atoms with Crippen LogP contribution >= 0.6 is 0 Å². The van der Waals surface area contributed by atoms with E-state index >= 15 is 0 Å². The summed E-state index contributed by atoms with van der Waals surface area (Å²) in [6, 6.07) is 0.993. The first-order valence-electron chi connectivity index (χ1n) is 6.69. The Labute approximate surface area is 125 Å². The zero-order chi connectivity index (χ0) is 16.4. The number of rotatable bonds is 5. The van der Waals surface area contributed by atoms with E-state index in [4.69, 9.17) is 10.2 Å². The average Bonchev–Trinajstić information content (AvgIpc) is 2.47. The van der Waals surface area contributed by atoms with E-state index in [0.29, 0.717) is 6.54 Å². The third-order valence-corrected chi connectivity index (χ3v) is 3.35. The van der Waals surface area contributed by atoms with E-state index in [1.54, 1.807) is 14.0 Å². The lowest BCUT2D eigenvalue weighted by atomic mass is 10.2. The van der Waals surface area contributed by atoms with Crippen LogP contribution in [0.25, 0.3) is 11.0 Å². The Morgan fingerprint density at radius 1 is 1.50 bits per heavy atom. The van der Waals surface area contributed by atoms with Gasteiger partial charge >= 0.3 is 5.97 Å². The predicted molar refractivity (Wildman–Crippen MR) is 79.0 cm³/mol. The fourth-order valence-electron chi connectivity index (χ4n) is 2.19. The van der Waals surface area contributed by atoms with E-state index in [0.717, 1.165) is 6.07 Å². The van der Waals surface area contributed by atoms with E-state index in [1.807, 2.05) is 0 Å². The molecule has 0 aliphatic heterocycles. The topological polar surface area (TPSA) is 95.7 Å². The first-order chi connectivity index (χ1) is 10.4. The largest absolute Gasteiger partial charge is 0.477 e. The molecule has 0 spiro atoms. The van der Waals surface area contributed by atoms with Gasteiger partial charge in [0.2, 0.25) is 5.43 Å². The van der Waals surface area contributed by atoms with Gasteiger partial charge < -0.3 is 19.7 Å². The van der Waals surface area contributed by atoms with Gasteiger partial charge in [-0.05, 0) is 13.0 Å². The van der Waals surface area contributed by atoms with E-state index in [2.05, 4.69) is 4.98 Å². The van der Waals surface area contributed by atoms with Gasteiger partial charge in [0.25, 0.3) is 0 Å². The zero-order valence-corrected chi connectivity index (χ0v) is 12.2. The highest BCUT2D eigenvalue weighted by Gasteiger charge is 2.18. The molecule has 7 nitrogen and oxygen atoms in total. The van der Waals surface area contributed by atoms with Crippen molar-refractivity contribution in [1.82, 2.24) is 9.55 Å². The number of aliphatic hydroxyl groups is 1. The molecule has 22 heavy (non-hydrogen) atoms. The molecule has 2 aromatic heterocycles. The van der Waals surface area contributed by atoms with Gasteiger partial charge in [-0.3, -0.25) is 4.79 Å². The molecule has 0 saturated carbocycles. The van der Waals surface area contributed by atoms with Gasteiger partial charge in [0.15, 0.2) is 11.6 Å². The van der Waals surface area contributed by atoms with Crippen LogP contribution in [0.15, 0.2) is 17.1 Å². The van der Waals surface area contributed by atoms with Gasteiger partial charge in [0, 0.05) is 26.3 Å². The summed E-state index contributed by atoms with van der Waals surface area (Å²) in [7, 11) is 1.56. The van der Waals surface area contributed by atoms with Crippen LogP contribution in [0.2, 0.25) is 0 Å². The molecule has 2 aromatic rings. The summed E-state index contributed by atoms with van der Waals surface area (Å²) in [5.41, 5.74) is -0.985. The number of carboxylic acid groups (broad SMARTS) is 1. The second-order valence-electron chi connectivity index (χ2n) is 4.77. The minimum absolute atomic E-state index is 0.00812. The Morgan fingerprint density at radius 2 is 2.18 bits per heavy atom. The molecule has 2 rings (SSSR count). The number of fused-ring (bicyclic) bond motifs is 1. The summed E-state index contributed by atoms with van der Waals surface area (Å²) < 4.78 is 15.6. The number of halogens is 1. The van der Waals surface area contributed by atoms with Crippen LogP contribution in [-0.4, -0.2) is 45.9 Å². The molecule has 2 heterocycles. The average molecular weight is 309 g/mol. The molecule has 118 valence electrons. The second kappa shape index (κ2) is 6.10. The highest BCUT2D eigenvalue weighted by molar-refractivity contribution is 5.92. The molecular formula is C14H16FN3O4. The van der Waals surface area contributed by atoms with Crippen molar-refractivity contribution in [3.8, 4) is 0 Å². The van der Waals surface area contributed by atoms with E-state index in [-0.39, 0.29) is 30.0 Å². The van der Waals surface area contributed by atoms with Crippen molar-refractivity contribution in [2.24, 2.45) is 0 Å². The van der Waals surface area contributed by atoms with E-state index in [1.165, 1.54) is 15.7 Å². The smallest absolute Gasteiger partial charge is 0.341 e. The van der Waals surface area contributed by atoms with Gasteiger partial charge in [0.05, 0.1) is 12.0 Å². The Balaban J connectivity index is 2.80. The Kier molecular flexibility index (Phi) is 4.41. The molecule has 2 N–H and O–H groups in total. The molecule has 0 bridgehead atoms. The summed E-state index contributed by atoms with van der Waals surface area (Å²) in [5.74, 6) is -2.12. The molecule has 0 aromatic carbocycles. The Hall–Kier alpha value is -2.48. The van der Waals surface area contributed by atoms with Crippen molar-refractivity contribution < 1.29 is 19.4 Å². The van der Waals surface area contributed by atoms with Crippen molar-refractivity contribution in [3.63, 3.8) is 0 Å². The maximum absolute atomic E-state index is 14.2. The van der Waals surface area contributed by atoms with Crippen LogP contribution in [0.3, 0.4) is 0 Å². The maximum Gasteiger partial charge on any atom is 0.341 e. The van der Waals surface area contributed by atoms with Crippen molar-refractivity contribution in [2.45, 2.75) is 13.5 Å². The number of pyridine rings is 2. The molecular weight excluding hydrogens is 293 g/mol. The number of anilines is 1. The summed E-state index contributed by atoms with van der Waals surface area (Å²) in [6.45, 7) is 2.14. The monoisotopic (exact) mass is 309 g/mol. The molecule has 8 heteroatoms. The number of carbonyl (C=O) groups is 1. The van der Waals surface area contributed by atoms with Crippen LogP contribution in [0, 0.1) is 5.82 Å². The van der Waals surface area contributed by atoms with Gasteiger partial charge in [0.1, 0.15) is 11.2 Å². The molecule has 0 unspecified atom stereocenters. The van der Waals surface area contributed by atoms with Crippen molar-refractivity contribution >= 4 is 22.8 Å². The van der Waals surface area contributed by atoms with Crippen LogP contribution in [-0.2, 0) is 6.54 Å². The normalized spacial score (nSPS) is 10.9. The second-order valence-corrected chi connectivity index (χ2v) is 4.77. The quantitative estimate of drug-likeness (QED) is 0.843. The minimum Gasteiger partial charge on any atom is -0.477 e. The van der Waals surface area contributed by atoms with Crippen molar-refractivity contribution in [2.75, 3.05) is 25.1 Å². The number of nitrogens with zero attached hydrogens (tertiary/aromatic N) is 3. The molecule has 0 amide bonds. The molecule has 0 aliphatic rings. The number of aliphatic hydroxyl groups excluding tert-OH is 1. The first kappa shape index (κ1) is 15.9. The van der Waals surface area contributed by atoms with Crippen LogP contribution < -0.4 is 10.3 Å². The van der Waals surface area contributed by atoms with Crippen LogP contribution in [0.1, 0.15) is 17.3 Å². The lowest BCUT2D eigenvalue weighted by Crippen LogP contribution is -2.25. The lowest BCUT2D eigenvalue weighted by molar-refractivity contribution is 0.0695. The zero-order valence-electron chi connectivity index (χ0n) is 12.2. The highest BCUT2D eigenvalue weighted by Crippen LogP contribution is 2.20. The number of likely N-dealkylation sites (N-methyl/N-ethyl adjacent to an activating group) is 1. The summed E-state index contributed by atoms with van der Waals surface area (Å²) in [4.78, 5) is 28.8. The highest BCUT2D eigenvalue weighted by atomic mass is 19.1. The summed E-state index contributed by atoms with van der Waals surface area (Å²) in [6.07, 6.45) is 1.20. The number of hydrogen-bond acceptors (Lipinski definition) is 5. The number of aromatic carboxylic acids is 1. The SMILES string of the molecule is CCn1cc(C(=O)O)c(=O)c2cc(F)c(N(C)CCO)nc21. The van der Waals surface area contributed by atoms with Gasteiger partial charge in [-0.25, -0.2) is 14.2 Å². The molecule has 0 atom stereocenters. The third-order valence-electron chi connectivity index (χ3n) is 3.35. The Morgan fingerprint density at radius 3 is 2.73 bits per heavy atom. The van der Waals surface area contributed by atoms with Crippen LogP contribution in [0.4, 0.5) is 10.2 Å². The van der Waals surface area contributed by atoms with Gasteiger partial charge in [-0.2, -0.15) is 0 Å². The van der Waals surface area contributed by atoms with E-state index < -0.39 is 22.8 Å². The first-order valence-corrected chi connectivity index (χ1v) is 6.69. The van der Waals surface area contributed by atoms with Crippen molar-refractivity contribution in [1.29, 1.82) is 0 Å². The fourth-order valence-corrected chi connectivity index (χ4v) is 2.19. The third kappa shape index (κ3) is 2.64. The molecule has 0 aliphatic carbocycles.